The van der Waals surface area contributed by atoms with E-state index in [1.54, 1.807) is 6.07 Å². The molecule has 0 aliphatic heterocycles. The number of ether oxygens (including phenoxy) is 1. The average molecular weight is 247 g/mol. The van der Waals surface area contributed by atoms with E-state index in [4.69, 9.17) is 16.3 Å². The zero-order chi connectivity index (χ0) is 11.7. The lowest BCUT2D eigenvalue weighted by Crippen LogP contribution is -1.96. The van der Waals surface area contributed by atoms with Gasteiger partial charge in [-0.1, -0.05) is 29.8 Å². The summed E-state index contributed by atoms with van der Waals surface area (Å²) in [6.07, 6.45) is 2.29. The Labute approximate surface area is 104 Å². The Balaban J connectivity index is 1.87. The molecule has 2 aromatic rings. The van der Waals surface area contributed by atoms with Crippen molar-refractivity contribution in [1.82, 2.24) is 9.97 Å². The van der Waals surface area contributed by atoms with Gasteiger partial charge in [-0.25, -0.2) is 4.98 Å². The number of halogens is 1. The van der Waals surface area contributed by atoms with Crippen molar-refractivity contribution in [3.63, 3.8) is 0 Å². The fraction of sp³-hybridized carbons (Fsp3) is 0.231. The van der Waals surface area contributed by atoms with E-state index in [0.29, 0.717) is 17.0 Å². The summed E-state index contributed by atoms with van der Waals surface area (Å²) in [5.41, 5.74) is 0. The Morgan fingerprint density at radius 2 is 1.88 bits per heavy atom. The van der Waals surface area contributed by atoms with Crippen molar-refractivity contribution in [1.29, 1.82) is 0 Å². The van der Waals surface area contributed by atoms with Crippen LogP contribution in [0.25, 0.3) is 0 Å². The number of aromatic nitrogens is 2. The molecule has 3 nitrogen and oxygen atoms in total. The molecule has 4 heteroatoms. The molecule has 0 bridgehead atoms. The monoisotopic (exact) mass is 246 g/mol. The standard InChI is InChI=1S/C13H11ClN2O/c14-11-8-12(16-13(15-11)9-6-7-9)17-10-4-2-1-3-5-10/h1-5,8-9H,6-7H2. The van der Waals surface area contributed by atoms with Crippen molar-refractivity contribution in [2.24, 2.45) is 0 Å². The first kappa shape index (κ1) is 10.5. The highest BCUT2D eigenvalue weighted by Crippen LogP contribution is 2.39. The maximum Gasteiger partial charge on any atom is 0.224 e. The van der Waals surface area contributed by atoms with E-state index >= 15 is 0 Å². The van der Waals surface area contributed by atoms with E-state index in [1.165, 1.54) is 0 Å². The fourth-order valence-electron chi connectivity index (χ4n) is 1.60. The highest BCUT2D eigenvalue weighted by Gasteiger charge is 2.27. The van der Waals surface area contributed by atoms with Crippen LogP contribution in [0.2, 0.25) is 5.15 Å². The summed E-state index contributed by atoms with van der Waals surface area (Å²) in [6.45, 7) is 0. The van der Waals surface area contributed by atoms with Crippen molar-refractivity contribution in [2.45, 2.75) is 18.8 Å². The molecule has 1 heterocycles. The molecule has 1 fully saturated rings. The Morgan fingerprint density at radius 3 is 2.59 bits per heavy atom. The number of hydrogen-bond acceptors (Lipinski definition) is 3. The van der Waals surface area contributed by atoms with Gasteiger partial charge < -0.3 is 4.74 Å². The Kier molecular flexibility index (Phi) is 2.69. The van der Waals surface area contributed by atoms with Crippen molar-refractivity contribution in [3.05, 3.63) is 47.4 Å². The first-order valence-corrected chi connectivity index (χ1v) is 5.96. The molecular weight excluding hydrogens is 236 g/mol. The predicted octanol–water partition coefficient (Wildman–Crippen LogP) is 3.80. The van der Waals surface area contributed by atoms with Crippen molar-refractivity contribution in [3.8, 4) is 11.6 Å². The number of rotatable bonds is 3. The van der Waals surface area contributed by atoms with E-state index in [9.17, 15) is 0 Å². The van der Waals surface area contributed by atoms with Crippen molar-refractivity contribution >= 4 is 11.6 Å². The van der Waals surface area contributed by atoms with E-state index in [1.807, 2.05) is 30.3 Å². The third kappa shape index (κ3) is 2.56. The molecule has 1 aliphatic rings. The van der Waals surface area contributed by atoms with Gasteiger partial charge in [0.05, 0.1) is 0 Å². The van der Waals surface area contributed by atoms with Gasteiger partial charge in [-0.3, -0.25) is 0 Å². The van der Waals surface area contributed by atoms with Crippen LogP contribution in [-0.4, -0.2) is 9.97 Å². The molecule has 1 aromatic carbocycles. The SMILES string of the molecule is Clc1cc(Oc2ccccc2)nc(C2CC2)n1. The van der Waals surface area contributed by atoms with Crippen LogP contribution in [0.4, 0.5) is 0 Å². The lowest BCUT2D eigenvalue weighted by molar-refractivity contribution is 0.458. The van der Waals surface area contributed by atoms with E-state index in [2.05, 4.69) is 9.97 Å². The highest BCUT2D eigenvalue weighted by atomic mass is 35.5. The van der Waals surface area contributed by atoms with Crippen LogP contribution in [0.3, 0.4) is 0 Å². The number of para-hydroxylation sites is 1. The van der Waals surface area contributed by atoms with Crippen LogP contribution >= 0.6 is 11.6 Å². The van der Waals surface area contributed by atoms with Crippen molar-refractivity contribution < 1.29 is 4.74 Å². The molecule has 0 unspecified atom stereocenters. The minimum absolute atomic E-state index is 0.438. The van der Waals surface area contributed by atoms with Crippen LogP contribution in [0.1, 0.15) is 24.6 Å². The van der Waals surface area contributed by atoms with Crippen LogP contribution in [0, 0.1) is 0 Å². The lowest BCUT2D eigenvalue weighted by Gasteiger charge is -2.06. The smallest absolute Gasteiger partial charge is 0.224 e. The summed E-state index contributed by atoms with van der Waals surface area (Å²) < 4.78 is 5.64. The predicted molar refractivity (Wildman–Crippen MR) is 65.5 cm³/mol. The summed E-state index contributed by atoms with van der Waals surface area (Å²) in [7, 11) is 0. The van der Waals surface area contributed by atoms with E-state index in [-0.39, 0.29) is 0 Å². The van der Waals surface area contributed by atoms with Crippen molar-refractivity contribution in [2.75, 3.05) is 0 Å². The normalized spacial score (nSPS) is 14.6. The third-order valence-electron chi connectivity index (χ3n) is 2.60. The number of benzene rings is 1. The zero-order valence-corrected chi connectivity index (χ0v) is 9.89. The molecule has 0 amide bonds. The molecule has 0 atom stereocenters. The molecule has 86 valence electrons. The van der Waals surface area contributed by atoms with Gasteiger partial charge in [0.2, 0.25) is 5.88 Å². The molecule has 0 spiro atoms. The number of nitrogens with zero attached hydrogens (tertiary/aromatic N) is 2. The summed E-state index contributed by atoms with van der Waals surface area (Å²) in [5.74, 6) is 2.53. The summed E-state index contributed by atoms with van der Waals surface area (Å²) >= 11 is 5.96. The van der Waals surface area contributed by atoms with Crippen LogP contribution in [0.5, 0.6) is 11.6 Å². The molecule has 0 radical (unpaired) electrons. The van der Waals surface area contributed by atoms with E-state index in [0.717, 1.165) is 24.4 Å². The minimum Gasteiger partial charge on any atom is -0.439 e. The topological polar surface area (TPSA) is 35.0 Å². The van der Waals surface area contributed by atoms with Gasteiger partial charge in [0.1, 0.15) is 16.7 Å². The van der Waals surface area contributed by atoms with Crippen LogP contribution in [0.15, 0.2) is 36.4 Å². The molecule has 1 aromatic heterocycles. The highest BCUT2D eigenvalue weighted by molar-refractivity contribution is 6.29. The molecule has 1 saturated carbocycles. The first-order valence-electron chi connectivity index (χ1n) is 5.58. The van der Waals surface area contributed by atoms with Crippen LogP contribution < -0.4 is 4.74 Å². The van der Waals surface area contributed by atoms with Gasteiger partial charge in [-0.2, -0.15) is 4.98 Å². The summed E-state index contributed by atoms with van der Waals surface area (Å²) in [4.78, 5) is 8.58. The molecule has 1 aliphatic carbocycles. The Morgan fingerprint density at radius 1 is 1.12 bits per heavy atom. The fourth-order valence-corrected chi connectivity index (χ4v) is 1.78. The number of hydrogen-bond donors (Lipinski definition) is 0. The second kappa shape index (κ2) is 4.34. The lowest BCUT2D eigenvalue weighted by atomic mass is 10.3. The minimum atomic E-state index is 0.438. The molecule has 17 heavy (non-hydrogen) atoms. The largest absolute Gasteiger partial charge is 0.439 e. The van der Waals surface area contributed by atoms with Gasteiger partial charge in [-0.05, 0) is 25.0 Å². The van der Waals surface area contributed by atoms with Crippen LogP contribution in [-0.2, 0) is 0 Å². The van der Waals surface area contributed by atoms with Gasteiger partial charge >= 0.3 is 0 Å². The summed E-state index contributed by atoms with van der Waals surface area (Å²) in [6, 6.07) is 11.2. The second-order valence-electron chi connectivity index (χ2n) is 4.08. The molecule has 0 N–H and O–H groups in total. The van der Waals surface area contributed by atoms with E-state index < -0.39 is 0 Å². The molecular formula is C13H11ClN2O. The molecule has 0 saturated heterocycles. The quantitative estimate of drug-likeness (QED) is 0.773. The average Bonchev–Trinajstić information content (AvgIpc) is 3.13. The zero-order valence-electron chi connectivity index (χ0n) is 9.14. The maximum absolute atomic E-state index is 5.96. The molecule has 3 rings (SSSR count). The maximum atomic E-state index is 5.96. The van der Waals surface area contributed by atoms with Gasteiger partial charge in [0.25, 0.3) is 0 Å². The van der Waals surface area contributed by atoms with Gasteiger partial charge in [0, 0.05) is 12.0 Å². The summed E-state index contributed by atoms with van der Waals surface area (Å²) in [5, 5.41) is 0.438. The van der Waals surface area contributed by atoms with Gasteiger partial charge in [0.15, 0.2) is 0 Å². The third-order valence-corrected chi connectivity index (χ3v) is 2.79. The second-order valence-corrected chi connectivity index (χ2v) is 4.46. The Bertz CT molecular complexity index is 526. The van der Waals surface area contributed by atoms with Gasteiger partial charge in [-0.15, -0.1) is 0 Å². The first-order chi connectivity index (χ1) is 8.31. The Hall–Kier alpha value is -1.61.